The molecule has 1 aromatic carbocycles. The molecule has 5 heteroatoms. The van der Waals surface area contributed by atoms with Crippen LogP contribution in [0.25, 0.3) is 0 Å². The summed E-state index contributed by atoms with van der Waals surface area (Å²) in [7, 11) is 0. The van der Waals surface area contributed by atoms with E-state index >= 15 is 0 Å². The number of carboxylic acids is 1. The Morgan fingerprint density at radius 1 is 1.35 bits per heavy atom. The standard InChI is InChI=1S/C12H12N2O3/c1-8-11(14-17-13-8)7-10(12(15)16)9-5-3-2-4-6-9/h2-6,10H,7H2,1H3,(H,15,16). The van der Waals surface area contributed by atoms with Crippen LogP contribution in [0.4, 0.5) is 0 Å². The average Bonchev–Trinajstić information content (AvgIpc) is 2.72. The molecule has 0 aliphatic heterocycles. The van der Waals surface area contributed by atoms with Crippen molar-refractivity contribution >= 4 is 5.97 Å². The van der Waals surface area contributed by atoms with Crippen LogP contribution in [0.3, 0.4) is 0 Å². The van der Waals surface area contributed by atoms with Gasteiger partial charge in [0.25, 0.3) is 0 Å². The summed E-state index contributed by atoms with van der Waals surface area (Å²) >= 11 is 0. The van der Waals surface area contributed by atoms with Gasteiger partial charge in [-0.1, -0.05) is 40.6 Å². The van der Waals surface area contributed by atoms with Gasteiger partial charge < -0.3 is 5.11 Å². The quantitative estimate of drug-likeness (QED) is 0.869. The molecule has 0 aliphatic carbocycles. The van der Waals surface area contributed by atoms with E-state index in [2.05, 4.69) is 14.9 Å². The summed E-state index contributed by atoms with van der Waals surface area (Å²) < 4.78 is 4.57. The predicted molar refractivity (Wildman–Crippen MR) is 59.6 cm³/mol. The molecule has 0 aliphatic rings. The molecule has 5 nitrogen and oxygen atoms in total. The number of aryl methyl sites for hydroxylation is 1. The zero-order valence-electron chi connectivity index (χ0n) is 9.33. The van der Waals surface area contributed by atoms with Crippen LogP contribution in [-0.4, -0.2) is 21.4 Å². The maximum atomic E-state index is 11.3. The van der Waals surface area contributed by atoms with Crippen LogP contribution in [0.5, 0.6) is 0 Å². The predicted octanol–water partition coefficient (Wildman–Crippen LogP) is 1.79. The van der Waals surface area contributed by atoms with Crippen LogP contribution < -0.4 is 0 Å². The molecule has 1 heterocycles. The lowest BCUT2D eigenvalue weighted by Crippen LogP contribution is -2.15. The third kappa shape index (κ3) is 2.50. The highest BCUT2D eigenvalue weighted by atomic mass is 16.6. The number of hydrogen-bond acceptors (Lipinski definition) is 4. The van der Waals surface area contributed by atoms with Gasteiger partial charge in [-0.05, 0) is 12.5 Å². The number of benzene rings is 1. The van der Waals surface area contributed by atoms with E-state index in [1.807, 2.05) is 18.2 Å². The Morgan fingerprint density at radius 2 is 2.06 bits per heavy atom. The highest BCUT2D eigenvalue weighted by Gasteiger charge is 2.22. The van der Waals surface area contributed by atoms with Crippen LogP contribution in [0, 0.1) is 6.92 Å². The van der Waals surface area contributed by atoms with E-state index < -0.39 is 11.9 Å². The summed E-state index contributed by atoms with van der Waals surface area (Å²) in [6.07, 6.45) is 0.286. The van der Waals surface area contributed by atoms with Gasteiger partial charge in [0.1, 0.15) is 11.4 Å². The second-order valence-electron chi connectivity index (χ2n) is 3.80. The van der Waals surface area contributed by atoms with Crippen molar-refractivity contribution in [3.63, 3.8) is 0 Å². The fraction of sp³-hybridized carbons (Fsp3) is 0.250. The summed E-state index contributed by atoms with van der Waals surface area (Å²) in [5, 5.41) is 16.6. The van der Waals surface area contributed by atoms with Crippen LogP contribution in [0.1, 0.15) is 22.9 Å². The van der Waals surface area contributed by atoms with Crippen molar-refractivity contribution in [3.05, 3.63) is 47.3 Å². The Balaban J connectivity index is 2.26. The Hall–Kier alpha value is -2.17. The second-order valence-corrected chi connectivity index (χ2v) is 3.80. The summed E-state index contributed by atoms with van der Waals surface area (Å²) in [4.78, 5) is 11.3. The number of carboxylic acid groups (broad SMARTS) is 1. The number of aromatic nitrogens is 2. The third-order valence-corrected chi connectivity index (χ3v) is 2.64. The smallest absolute Gasteiger partial charge is 0.311 e. The van der Waals surface area contributed by atoms with Crippen LogP contribution in [-0.2, 0) is 11.2 Å². The average molecular weight is 232 g/mol. The molecule has 2 aromatic rings. The molecule has 0 fully saturated rings. The number of hydrogen-bond donors (Lipinski definition) is 1. The SMILES string of the molecule is Cc1nonc1CC(C(=O)O)c1ccccc1. The summed E-state index contributed by atoms with van der Waals surface area (Å²) in [5.41, 5.74) is 1.97. The molecule has 2 rings (SSSR count). The largest absolute Gasteiger partial charge is 0.481 e. The molecule has 0 bridgehead atoms. The van der Waals surface area contributed by atoms with E-state index in [0.717, 1.165) is 5.56 Å². The van der Waals surface area contributed by atoms with E-state index in [1.165, 1.54) is 0 Å². The molecule has 1 unspecified atom stereocenters. The van der Waals surface area contributed by atoms with Gasteiger partial charge in [0.05, 0.1) is 5.92 Å². The van der Waals surface area contributed by atoms with Gasteiger partial charge in [-0.3, -0.25) is 4.79 Å². The molecular formula is C12H12N2O3. The lowest BCUT2D eigenvalue weighted by atomic mass is 9.94. The van der Waals surface area contributed by atoms with Crippen LogP contribution in [0.15, 0.2) is 35.0 Å². The van der Waals surface area contributed by atoms with E-state index in [4.69, 9.17) is 0 Å². The highest BCUT2D eigenvalue weighted by molar-refractivity contribution is 5.76. The van der Waals surface area contributed by atoms with Gasteiger partial charge in [-0.25, -0.2) is 4.63 Å². The maximum Gasteiger partial charge on any atom is 0.311 e. The zero-order chi connectivity index (χ0) is 12.3. The maximum absolute atomic E-state index is 11.3. The first-order valence-corrected chi connectivity index (χ1v) is 5.24. The topological polar surface area (TPSA) is 76.2 Å². The third-order valence-electron chi connectivity index (χ3n) is 2.64. The van der Waals surface area contributed by atoms with Crippen molar-refractivity contribution < 1.29 is 14.5 Å². The van der Waals surface area contributed by atoms with Crippen molar-refractivity contribution in [2.45, 2.75) is 19.3 Å². The minimum atomic E-state index is -0.876. The molecule has 0 amide bonds. The normalized spacial score (nSPS) is 12.3. The van der Waals surface area contributed by atoms with Gasteiger partial charge in [0.15, 0.2) is 0 Å². The van der Waals surface area contributed by atoms with Crippen molar-refractivity contribution in [3.8, 4) is 0 Å². The van der Waals surface area contributed by atoms with Gasteiger partial charge in [-0.15, -0.1) is 0 Å². The second kappa shape index (κ2) is 4.78. The molecule has 1 atom stereocenters. The lowest BCUT2D eigenvalue weighted by Gasteiger charge is -2.10. The van der Waals surface area contributed by atoms with Crippen molar-refractivity contribution in [1.29, 1.82) is 0 Å². The highest BCUT2D eigenvalue weighted by Crippen LogP contribution is 2.21. The first-order valence-electron chi connectivity index (χ1n) is 5.24. The minimum Gasteiger partial charge on any atom is -0.481 e. The fourth-order valence-corrected chi connectivity index (χ4v) is 1.66. The van der Waals surface area contributed by atoms with Crippen LogP contribution >= 0.6 is 0 Å². The molecule has 0 radical (unpaired) electrons. The van der Waals surface area contributed by atoms with E-state index in [-0.39, 0.29) is 6.42 Å². The molecular weight excluding hydrogens is 220 g/mol. The fourth-order valence-electron chi connectivity index (χ4n) is 1.66. The minimum absolute atomic E-state index is 0.286. The van der Waals surface area contributed by atoms with Gasteiger partial charge in [0, 0.05) is 6.42 Å². The Labute approximate surface area is 98.0 Å². The Bertz CT molecular complexity index is 507. The molecule has 0 spiro atoms. The summed E-state index contributed by atoms with van der Waals surface area (Å²) in [5.74, 6) is -1.50. The first-order chi connectivity index (χ1) is 8.18. The number of nitrogens with zero attached hydrogens (tertiary/aromatic N) is 2. The number of carbonyl (C=O) groups is 1. The monoisotopic (exact) mass is 232 g/mol. The summed E-state index contributed by atoms with van der Waals surface area (Å²) in [6, 6.07) is 9.08. The van der Waals surface area contributed by atoms with Crippen molar-refractivity contribution in [2.24, 2.45) is 0 Å². The van der Waals surface area contributed by atoms with E-state index in [9.17, 15) is 9.90 Å². The molecule has 0 saturated heterocycles. The molecule has 0 saturated carbocycles. The number of aliphatic carboxylic acids is 1. The van der Waals surface area contributed by atoms with Gasteiger partial charge in [-0.2, -0.15) is 0 Å². The number of rotatable bonds is 4. The molecule has 17 heavy (non-hydrogen) atoms. The van der Waals surface area contributed by atoms with Crippen LogP contribution in [0.2, 0.25) is 0 Å². The zero-order valence-corrected chi connectivity index (χ0v) is 9.33. The molecule has 1 aromatic heterocycles. The lowest BCUT2D eigenvalue weighted by molar-refractivity contribution is -0.138. The molecule has 1 N–H and O–H groups in total. The van der Waals surface area contributed by atoms with E-state index in [0.29, 0.717) is 11.4 Å². The van der Waals surface area contributed by atoms with E-state index in [1.54, 1.807) is 19.1 Å². The summed E-state index contributed by atoms with van der Waals surface area (Å²) in [6.45, 7) is 1.75. The van der Waals surface area contributed by atoms with Gasteiger partial charge >= 0.3 is 5.97 Å². The Morgan fingerprint density at radius 3 is 2.59 bits per heavy atom. The van der Waals surface area contributed by atoms with Crippen molar-refractivity contribution in [1.82, 2.24) is 10.3 Å². The molecule has 88 valence electrons. The van der Waals surface area contributed by atoms with Gasteiger partial charge in [0.2, 0.25) is 0 Å². The first kappa shape index (κ1) is 11.3. The van der Waals surface area contributed by atoms with Crippen molar-refractivity contribution in [2.75, 3.05) is 0 Å². The Kier molecular flexibility index (Phi) is 3.18.